The number of likely N-dealkylation sites (N-methyl/N-ethyl adjacent to an activating group) is 1. The summed E-state index contributed by atoms with van der Waals surface area (Å²) in [4.78, 5) is 14.9. The largest absolute Gasteiger partial charge is 0.504 e. The highest BCUT2D eigenvalue weighted by atomic mass is 16.5. The molecule has 4 aliphatic rings. The van der Waals surface area contributed by atoms with Gasteiger partial charge >= 0.3 is 0 Å². The summed E-state index contributed by atoms with van der Waals surface area (Å²) in [5.41, 5.74) is 0.363. The van der Waals surface area contributed by atoms with Gasteiger partial charge in [0.2, 0.25) is 0 Å². The van der Waals surface area contributed by atoms with E-state index in [1.54, 1.807) is 6.07 Å². The number of phenols is 1. The molecule has 2 aliphatic heterocycles. The first kappa shape index (κ1) is 13.8. The van der Waals surface area contributed by atoms with Crippen molar-refractivity contribution in [3.05, 3.63) is 23.3 Å². The first-order valence-corrected chi connectivity index (χ1v) is 8.46. The van der Waals surface area contributed by atoms with Crippen molar-refractivity contribution in [1.82, 2.24) is 4.90 Å². The van der Waals surface area contributed by atoms with E-state index < -0.39 is 17.1 Å². The minimum absolute atomic E-state index is 0.0240. The van der Waals surface area contributed by atoms with Gasteiger partial charge in [0.05, 0.1) is 11.0 Å². The van der Waals surface area contributed by atoms with Gasteiger partial charge in [0.15, 0.2) is 23.4 Å². The molecule has 4 atom stereocenters. The Morgan fingerprint density at radius 1 is 1.30 bits per heavy atom. The van der Waals surface area contributed by atoms with Gasteiger partial charge in [0.25, 0.3) is 0 Å². The molecule has 1 saturated heterocycles. The lowest BCUT2D eigenvalue weighted by atomic mass is 9.53. The molecule has 2 heterocycles. The molecule has 1 aromatic rings. The molecule has 0 amide bonds. The van der Waals surface area contributed by atoms with Crippen molar-refractivity contribution in [3.8, 4) is 11.5 Å². The molecule has 0 radical (unpaired) electrons. The zero-order valence-electron chi connectivity index (χ0n) is 13.2. The van der Waals surface area contributed by atoms with Crippen molar-refractivity contribution in [1.29, 1.82) is 0 Å². The SMILES string of the molecule is CN1CCC23c4c5ccc(O)c4OC2C(=O)CCC3(O)C1CC5. The Labute approximate surface area is 134 Å². The minimum Gasteiger partial charge on any atom is -0.504 e. The monoisotopic (exact) mass is 315 g/mol. The highest BCUT2D eigenvalue weighted by Crippen LogP contribution is 2.63. The van der Waals surface area contributed by atoms with Crippen LogP contribution in [0.2, 0.25) is 0 Å². The molecular formula is C18H21NO4. The van der Waals surface area contributed by atoms with Gasteiger partial charge in [-0.3, -0.25) is 4.79 Å². The molecular weight excluding hydrogens is 294 g/mol. The standard InChI is InChI=1S/C18H21NO4/c1-19-9-8-17-14-10-2-4-11(20)15(14)23-16(17)12(21)6-7-18(17,22)13(19)5-3-10/h2,4,13,16,20,22H,3,5-9H2,1H3. The van der Waals surface area contributed by atoms with Crippen molar-refractivity contribution in [3.63, 3.8) is 0 Å². The average Bonchev–Trinajstić information content (AvgIpc) is 2.86. The second-order valence-corrected chi connectivity index (χ2v) is 7.59. The van der Waals surface area contributed by atoms with Gasteiger partial charge in [-0.15, -0.1) is 0 Å². The fraction of sp³-hybridized carbons (Fsp3) is 0.611. The number of phenolic OH excluding ortho intramolecular Hbond substituents is 1. The van der Waals surface area contributed by atoms with E-state index in [-0.39, 0.29) is 17.6 Å². The number of likely N-dealkylation sites (tertiary alicyclic amines) is 1. The number of benzene rings is 1. The van der Waals surface area contributed by atoms with Gasteiger partial charge < -0.3 is 19.8 Å². The summed E-state index contributed by atoms with van der Waals surface area (Å²) >= 11 is 0. The zero-order chi connectivity index (χ0) is 16.0. The van der Waals surface area contributed by atoms with Crippen LogP contribution >= 0.6 is 0 Å². The van der Waals surface area contributed by atoms with E-state index in [0.29, 0.717) is 25.0 Å². The summed E-state index contributed by atoms with van der Waals surface area (Å²) in [5.74, 6) is 0.577. The fourth-order valence-electron chi connectivity index (χ4n) is 5.79. The average molecular weight is 315 g/mol. The highest BCUT2D eigenvalue weighted by molar-refractivity contribution is 5.89. The van der Waals surface area contributed by atoms with Crippen molar-refractivity contribution in [2.45, 2.75) is 55.3 Å². The van der Waals surface area contributed by atoms with E-state index in [2.05, 4.69) is 11.9 Å². The molecule has 4 unspecified atom stereocenters. The van der Waals surface area contributed by atoms with Crippen molar-refractivity contribution in [2.24, 2.45) is 0 Å². The Balaban J connectivity index is 1.87. The van der Waals surface area contributed by atoms with Crippen LogP contribution in [0.15, 0.2) is 12.1 Å². The molecule has 2 bridgehead atoms. The number of carbonyl (C=O) groups excluding carboxylic acids is 1. The summed E-state index contributed by atoms with van der Waals surface area (Å²) in [5, 5.41) is 22.1. The number of aryl methyl sites for hydroxylation is 1. The number of hydrogen-bond acceptors (Lipinski definition) is 5. The van der Waals surface area contributed by atoms with E-state index in [4.69, 9.17) is 4.74 Å². The van der Waals surface area contributed by atoms with E-state index in [0.717, 1.165) is 30.5 Å². The summed E-state index contributed by atoms with van der Waals surface area (Å²) < 4.78 is 6.00. The number of nitrogens with zero attached hydrogens (tertiary/aromatic N) is 1. The Hall–Kier alpha value is -1.59. The molecule has 5 nitrogen and oxygen atoms in total. The Morgan fingerprint density at radius 3 is 2.96 bits per heavy atom. The Morgan fingerprint density at radius 2 is 2.13 bits per heavy atom. The van der Waals surface area contributed by atoms with E-state index in [1.165, 1.54) is 0 Å². The topological polar surface area (TPSA) is 70.0 Å². The molecule has 5 rings (SSSR count). The maximum absolute atomic E-state index is 12.6. The van der Waals surface area contributed by atoms with Gasteiger partial charge in [0, 0.05) is 18.0 Å². The number of Topliss-reactive ketones (excluding diaryl/α,β-unsaturated/α-hetero) is 1. The first-order chi connectivity index (χ1) is 11.0. The number of ketones is 1. The van der Waals surface area contributed by atoms with Crippen molar-refractivity contribution in [2.75, 3.05) is 13.6 Å². The minimum atomic E-state index is -0.969. The normalized spacial score (nSPS) is 41.2. The molecule has 2 aliphatic carbocycles. The van der Waals surface area contributed by atoms with Gasteiger partial charge in [-0.25, -0.2) is 0 Å². The number of rotatable bonds is 0. The van der Waals surface area contributed by atoms with Crippen LogP contribution in [0, 0.1) is 0 Å². The lowest BCUT2D eigenvalue weighted by Gasteiger charge is -2.58. The van der Waals surface area contributed by atoms with Crippen LogP contribution in [0.5, 0.6) is 11.5 Å². The van der Waals surface area contributed by atoms with Crippen LogP contribution in [0.1, 0.15) is 36.8 Å². The van der Waals surface area contributed by atoms with Crippen LogP contribution in [0.3, 0.4) is 0 Å². The highest BCUT2D eigenvalue weighted by Gasteiger charge is 2.71. The summed E-state index contributed by atoms with van der Waals surface area (Å²) in [6.45, 7) is 0.828. The van der Waals surface area contributed by atoms with Crippen molar-refractivity contribution >= 4 is 5.78 Å². The number of hydrogen-bond donors (Lipinski definition) is 2. The number of aliphatic hydroxyl groups is 1. The summed E-state index contributed by atoms with van der Waals surface area (Å²) in [6.07, 6.45) is 2.57. The Kier molecular flexibility index (Phi) is 2.45. The van der Waals surface area contributed by atoms with Crippen LogP contribution in [-0.4, -0.2) is 52.2 Å². The molecule has 2 fully saturated rings. The molecule has 122 valence electrons. The van der Waals surface area contributed by atoms with Gasteiger partial charge in [-0.2, -0.15) is 0 Å². The third-order valence-corrected chi connectivity index (χ3v) is 6.80. The van der Waals surface area contributed by atoms with Crippen LogP contribution in [0.25, 0.3) is 0 Å². The number of ether oxygens (including phenoxy) is 1. The summed E-state index contributed by atoms with van der Waals surface area (Å²) in [7, 11) is 2.06. The van der Waals surface area contributed by atoms with Crippen molar-refractivity contribution < 1.29 is 19.7 Å². The van der Waals surface area contributed by atoms with Gasteiger partial charge in [-0.1, -0.05) is 6.07 Å². The van der Waals surface area contributed by atoms with E-state index in [9.17, 15) is 15.0 Å². The van der Waals surface area contributed by atoms with Crippen LogP contribution < -0.4 is 4.74 Å². The second-order valence-electron chi connectivity index (χ2n) is 7.59. The third kappa shape index (κ3) is 1.36. The summed E-state index contributed by atoms with van der Waals surface area (Å²) in [6, 6.07) is 3.62. The molecule has 1 aromatic carbocycles. The molecule has 23 heavy (non-hydrogen) atoms. The second kappa shape index (κ2) is 4.08. The quantitative estimate of drug-likeness (QED) is 0.751. The molecule has 0 aromatic heterocycles. The predicted octanol–water partition coefficient (Wildman–Crippen LogP) is 1.14. The predicted molar refractivity (Wildman–Crippen MR) is 82.7 cm³/mol. The van der Waals surface area contributed by atoms with Gasteiger partial charge in [0.1, 0.15) is 0 Å². The lowest BCUT2D eigenvalue weighted by molar-refractivity contribution is -0.180. The number of carbonyl (C=O) groups is 1. The molecule has 1 spiro atoms. The molecule has 2 N–H and O–H groups in total. The van der Waals surface area contributed by atoms with Gasteiger partial charge in [-0.05, 0) is 50.9 Å². The smallest absolute Gasteiger partial charge is 0.174 e. The van der Waals surface area contributed by atoms with E-state index >= 15 is 0 Å². The number of aromatic hydroxyl groups is 1. The Bertz CT molecular complexity index is 732. The molecule has 1 saturated carbocycles. The van der Waals surface area contributed by atoms with Crippen LogP contribution in [0.4, 0.5) is 0 Å². The maximum atomic E-state index is 12.6. The fourth-order valence-corrected chi connectivity index (χ4v) is 5.79. The molecule has 5 heteroatoms. The zero-order valence-corrected chi connectivity index (χ0v) is 13.2. The maximum Gasteiger partial charge on any atom is 0.174 e. The lowest BCUT2D eigenvalue weighted by Crippen LogP contribution is -2.73. The van der Waals surface area contributed by atoms with Crippen LogP contribution in [-0.2, 0) is 16.6 Å². The number of piperidine rings is 1. The third-order valence-electron chi connectivity index (χ3n) is 6.80. The van der Waals surface area contributed by atoms with E-state index in [1.807, 2.05) is 6.07 Å². The first-order valence-electron chi connectivity index (χ1n) is 8.46.